The third kappa shape index (κ3) is 31.7. The van der Waals surface area contributed by atoms with Crippen LogP contribution < -0.4 is 15.9 Å². The van der Waals surface area contributed by atoms with Crippen LogP contribution in [0.25, 0.3) is 0 Å². The third-order valence-corrected chi connectivity index (χ3v) is 6.28. The molecule has 0 amide bonds. The van der Waals surface area contributed by atoms with Crippen LogP contribution in [0, 0.1) is 0 Å². The highest BCUT2D eigenvalue weighted by molar-refractivity contribution is 5.83. The number of aromatic carboxylic acids is 2. The van der Waals surface area contributed by atoms with E-state index >= 15 is 0 Å². The zero-order valence-electron chi connectivity index (χ0n) is 27.3. The summed E-state index contributed by atoms with van der Waals surface area (Å²) < 4.78 is 1.12. The molecule has 0 saturated carbocycles. The molecule has 0 aliphatic heterocycles. The van der Waals surface area contributed by atoms with Crippen molar-refractivity contribution in [3.05, 3.63) is 60.2 Å². The summed E-state index contributed by atoms with van der Waals surface area (Å²) in [6.07, 6.45) is 24.4. The van der Waals surface area contributed by atoms with E-state index in [4.69, 9.17) is 0 Å². The molecule has 0 saturated heterocycles. The van der Waals surface area contributed by atoms with Gasteiger partial charge in [-0.05, 0) is 43.5 Å². The van der Waals surface area contributed by atoms with Crippen molar-refractivity contribution in [3.63, 3.8) is 0 Å². The van der Waals surface area contributed by atoms with E-state index in [2.05, 4.69) is 50.7 Å². The van der Waals surface area contributed by atoms with Crippen LogP contribution in [0.5, 0.6) is 0 Å². The first kappa shape index (κ1) is 41.3. The SMILES string of the molecule is CCCCCCCCCCCCCCCC[N+](C)(C)C.CCC[NH3+].O=C([O-])c1ccccn1.O=C([O-])c1ccccn1. The summed E-state index contributed by atoms with van der Waals surface area (Å²) in [5.41, 5.74) is 3.54. The Bertz CT molecular complexity index is 807. The van der Waals surface area contributed by atoms with E-state index in [1.165, 1.54) is 127 Å². The van der Waals surface area contributed by atoms with Gasteiger partial charge in [0.1, 0.15) is 0 Å². The van der Waals surface area contributed by atoms with Gasteiger partial charge in [-0.25, -0.2) is 0 Å². The molecular weight excluding hydrogens is 528 g/mol. The largest absolute Gasteiger partial charge is 0.543 e. The molecule has 8 nitrogen and oxygen atoms in total. The number of rotatable bonds is 18. The first-order valence-electron chi connectivity index (χ1n) is 15.9. The van der Waals surface area contributed by atoms with Crippen molar-refractivity contribution in [2.45, 2.75) is 110 Å². The first-order valence-corrected chi connectivity index (χ1v) is 15.9. The second kappa shape index (κ2) is 29.6. The van der Waals surface area contributed by atoms with Gasteiger partial charge in [0.15, 0.2) is 0 Å². The number of nitrogens with zero attached hydrogens (tertiary/aromatic N) is 3. The average Bonchev–Trinajstić information content (AvgIpc) is 2.98. The van der Waals surface area contributed by atoms with Gasteiger partial charge < -0.3 is 30.0 Å². The van der Waals surface area contributed by atoms with Gasteiger partial charge in [-0.2, -0.15) is 0 Å². The fourth-order valence-corrected chi connectivity index (χ4v) is 3.75. The van der Waals surface area contributed by atoms with Crippen LogP contribution >= 0.6 is 0 Å². The predicted octanol–water partition coefficient (Wildman–Crippen LogP) is 4.70. The molecule has 0 fully saturated rings. The maximum atomic E-state index is 10.0. The molecule has 0 atom stereocenters. The van der Waals surface area contributed by atoms with Crippen molar-refractivity contribution in [3.8, 4) is 0 Å². The zero-order chi connectivity index (χ0) is 31.9. The Kier molecular flexibility index (Phi) is 29.1. The topological polar surface area (TPSA) is 134 Å². The number of carbonyl (C=O) groups is 2. The van der Waals surface area contributed by atoms with Gasteiger partial charge in [-0.3, -0.25) is 9.97 Å². The predicted molar refractivity (Wildman–Crippen MR) is 168 cm³/mol. The number of pyridine rings is 2. The molecule has 0 radical (unpaired) electrons. The Morgan fingerprint density at radius 1 is 0.619 bits per heavy atom. The van der Waals surface area contributed by atoms with Crippen LogP contribution in [0.1, 0.15) is 131 Å². The van der Waals surface area contributed by atoms with Crippen LogP contribution in [0.15, 0.2) is 48.8 Å². The van der Waals surface area contributed by atoms with Gasteiger partial charge in [-0.15, -0.1) is 0 Å². The van der Waals surface area contributed by atoms with Crippen LogP contribution in [-0.2, 0) is 0 Å². The number of carboxylic acid groups (broad SMARTS) is 2. The Hall–Kier alpha value is -2.84. The summed E-state index contributed by atoms with van der Waals surface area (Å²) >= 11 is 0. The molecule has 42 heavy (non-hydrogen) atoms. The quantitative estimate of drug-likeness (QED) is 0.198. The van der Waals surface area contributed by atoms with Crippen molar-refractivity contribution in [2.75, 3.05) is 34.2 Å². The lowest BCUT2D eigenvalue weighted by Gasteiger charge is -2.23. The number of aromatic nitrogens is 2. The molecular formula is C34H60N4O4. The number of carbonyl (C=O) groups excluding carboxylic acids is 2. The standard InChI is InChI=1S/C19H42N.2C6H5NO2.C3H9N/c1-5-6-7-8-9-10-11-12-13-14-15-16-17-18-19-20(2,3)4;2*8-6(9)5-3-1-2-4-7-5;1-2-3-4/h5-19H2,1-4H3;2*1-4H,(H,8,9);2-4H2,1H3/q+1;;;/p-1. The van der Waals surface area contributed by atoms with Crippen molar-refractivity contribution < 1.29 is 30.0 Å². The van der Waals surface area contributed by atoms with E-state index in [9.17, 15) is 19.8 Å². The molecule has 8 heteroatoms. The molecule has 2 heterocycles. The summed E-state index contributed by atoms with van der Waals surface area (Å²) in [5, 5.41) is 20.1. The summed E-state index contributed by atoms with van der Waals surface area (Å²) in [7, 11) is 6.88. The highest BCUT2D eigenvalue weighted by atomic mass is 16.4. The second-order valence-corrected chi connectivity index (χ2v) is 11.5. The van der Waals surface area contributed by atoms with Crippen molar-refractivity contribution in [1.82, 2.24) is 9.97 Å². The number of carboxylic acids is 2. The van der Waals surface area contributed by atoms with Crippen LogP contribution in [0.2, 0.25) is 0 Å². The normalized spacial score (nSPS) is 10.2. The van der Waals surface area contributed by atoms with Gasteiger partial charge in [0.25, 0.3) is 0 Å². The fraction of sp³-hybridized carbons (Fsp3) is 0.647. The molecule has 0 bridgehead atoms. The van der Waals surface area contributed by atoms with Gasteiger partial charge >= 0.3 is 0 Å². The average molecular weight is 589 g/mol. The van der Waals surface area contributed by atoms with Crippen molar-refractivity contribution in [1.29, 1.82) is 0 Å². The molecule has 2 rings (SSSR count). The Balaban J connectivity index is 0. The smallest absolute Gasteiger partial charge is 0.0899 e. The third-order valence-electron chi connectivity index (χ3n) is 6.28. The molecule has 0 aliphatic rings. The summed E-state index contributed by atoms with van der Waals surface area (Å²) in [4.78, 5) is 27.1. The van der Waals surface area contributed by atoms with E-state index in [-0.39, 0.29) is 11.4 Å². The minimum absolute atomic E-state index is 0.0301. The van der Waals surface area contributed by atoms with Crippen LogP contribution in [-0.4, -0.2) is 60.6 Å². The van der Waals surface area contributed by atoms with Crippen LogP contribution in [0.4, 0.5) is 0 Å². The van der Waals surface area contributed by atoms with E-state index in [1.807, 2.05) is 0 Å². The van der Waals surface area contributed by atoms with E-state index in [0.717, 1.165) is 11.0 Å². The Labute approximate surface area is 256 Å². The molecule has 0 aromatic carbocycles. The lowest BCUT2D eigenvalue weighted by atomic mass is 10.0. The van der Waals surface area contributed by atoms with E-state index < -0.39 is 11.9 Å². The molecule has 0 unspecified atom stereocenters. The first-order chi connectivity index (χ1) is 20.1. The molecule has 3 N–H and O–H groups in total. The molecule has 240 valence electrons. The maximum Gasteiger partial charge on any atom is 0.0899 e. The maximum absolute atomic E-state index is 10.0. The van der Waals surface area contributed by atoms with Crippen LogP contribution in [0.3, 0.4) is 0 Å². The Morgan fingerprint density at radius 2 is 0.952 bits per heavy atom. The van der Waals surface area contributed by atoms with Crippen molar-refractivity contribution >= 4 is 11.9 Å². The number of hydrogen-bond acceptors (Lipinski definition) is 6. The summed E-state index contributed by atoms with van der Waals surface area (Å²) in [6, 6.07) is 9.25. The van der Waals surface area contributed by atoms with Gasteiger partial charge in [0.2, 0.25) is 0 Å². The summed E-state index contributed by atoms with van der Waals surface area (Å²) in [6.45, 7) is 6.81. The fourth-order valence-electron chi connectivity index (χ4n) is 3.75. The minimum atomic E-state index is -1.24. The lowest BCUT2D eigenvalue weighted by molar-refractivity contribution is -0.870. The molecule has 0 aliphatic carbocycles. The lowest BCUT2D eigenvalue weighted by Crippen LogP contribution is -2.49. The van der Waals surface area contributed by atoms with Gasteiger partial charge in [0, 0.05) is 12.4 Å². The van der Waals surface area contributed by atoms with E-state index in [1.54, 1.807) is 24.3 Å². The molecule has 2 aromatic rings. The Morgan fingerprint density at radius 3 is 1.17 bits per heavy atom. The second-order valence-electron chi connectivity index (χ2n) is 11.5. The number of unbranched alkanes of at least 4 members (excludes halogenated alkanes) is 13. The number of quaternary nitrogens is 2. The zero-order valence-corrected chi connectivity index (χ0v) is 27.3. The van der Waals surface area contributed by atoms with E-state index in [0.29, 0.717) is 0 Å². The minimum Gasteiger partial charge on any atom is -0.543 e. The van der Waals surface area contributed by atoms with Crippen molar-refractivity contribution in [2.24, 2.45) is 0 Å². The highest BCUT2D eigenvalue weighted by Gasteiger charge is 2.04. The number of hydrogen-bond donors (Lipinski definition) is 1. The molecule has 2 aromatic heterocycles. The summed E-state index contributed by atoms with van der Waals surface area (Å²) in [5.74, 6) is -2.48. The monoisotopic (exact) mass is 588 g/mol. The highest BCUT2D eigenvalue weighted by Crippen LogP contribution is 2.13. The van der Waals surface area contributed by atoms with Gasteiger partial charge in [0.05, 0.1) is 57.6 Å². The van der Waals surface area contributed by atoms with Gasteiger partial charge in [-0.1, -0.05) is 103 Å². The molecule has 0 spiro atoms.